The molecule has 3 N–H and O–H groups in total. The average molecular weight is 276 g/mol. The quantitative estimate of drug-likeness (QED) is 0.863. The summed E-state index contributed by atoms with van der Waals surface area (Å²) in [4.78, 5) is 18.6. The summed E-state index contributed by atoms with van der Waals surface area (Å²) in [5.41, 5.74) is 7.28. The lowest BCUT2D eigenvalue weighted by atomic mass is 9.93. The van der Waals surface area contributed by atoms with Gasteiger partial charge in [-0.2, -0.15) is 0 Å². The lowest BCUT2D eigenvalue weighted by Crippen LogP contribution is -2.53. The minimum Gasteiger partial charge on any atom is -0.358 e. The zero-order chi connectivity index (χ0) is 14.5. The molecule has 5 nitrogen and oxygen atoms in total. The van der Waals surface area contributed by atoms with Crippen LogP contribution in [0.4, 0.5) is 0 Å². The first-order valence-corrected chi connectivity index (χ1v) is 7.28. The SMILES string of the molecule is CNC(=O)C1CCCCN1C(c1cccnc1)C(C)N. The van der Waals surface area contributed by atoms with Crippen molar-refractivity contribution in [2.24, 2.45) is 5.73 Å². The third-order valence-corrected chi connectivity index (χ3v) is 3.97. The van der Waals surface area contributed by atoms with E-state index < -0.39 is 0 Å². The van der Waals surface area contributed by atoms with Crippen molar-refractivity contribution in [3.05, 3.63) is 30.1 Å². The largest absolute Gasteiger partial charge is 0.358 e. The molecule has 0 bridgehead atoms. The van der Waals surface area contributed by atoms with Crippen LogP contribution in [0.25, 0.3) is 0 Å². The van der Waals surface area contributed by atoms with E-state index in [-0.39, 0.29) is 24.0 Å². The zero-order valence-electron chi connectivity index (χ0n) is 12.2. The van der Waals surface area contributed by atoms with Gasteiger partial charge in [0.15, 0.2) is 0 Å². The molecular weight excluding hydrogens is 252 g/mol. The first-order chi connectivity index (χ1) is 9.65. The summed E-state index contributed by atoms with van der Waals surface area (Å²) in [5, 5.41) is 2.77. The van der Waals surface area contributed by atoms with Gasteiger partial charge in [-0.25, -0.2) is 0 Å². The van der Waals surface area contributed by atoms with E-state index in [4.69, 9.17) is 5.73 Å². The van der Waals surface area contributed by atoms with E-state index in [0.717, 1.165) is 31.4 Å². The molecule has 1 aromatic heterocycles. The van der Waals surface area contributed by atoms with E-state index in [9.17, 15) is 4.79 Å². The minimum atomic E-state index is -0.0926. The van der Waals surface area contributed by atoms with Gasteiger partial charge in [-0.15, -0.1) is 0 Å². The summed E-state index contributed by atoms with van der Waals surface area (Å²) in [6.45, 7) is 2.90. The molecule has 3 atom stereocenters. The van der Waals surface area contributed by atoms with Crippen LogP contribution in [0.3, 0.4) is 0 Å². The van der Waals surface area contributed by atoms with Crippen LogP contribution in [-0.4, -0.2) is 41.5 Å². The molecule has 0 spiro atoms. The number of nitrogens with zero attached hydrogens (tertiary/aromatic N) is 2. The van der Waals surface area contributed by atoms with E-state index in [1.54, 1.807) is 13.2 Å². The second-order valence-corrected chi connectivity index (χ2v) is 5.45. The number of amides is 1. The molecule has 1 saturated heterocycles. The zero-order valence-corrected chi connectivity index (χ0v) is 12.2. The maximum absolute atomic E-state index is 12.1. The van der Waals surface area contributed by atoms with Crippen LogP contribution in [0.5, 0.6) is 0 Å². The highest BCUT2D eigenvalue weighted by atomic mass is 16.2. The van der Waals surface area contributed by atoms with Gasteiger partial charge in [-0.1, -0.05) is 12.5 Å². The molecule has 1 aromatic rings. The van der Waals surface area contributed by atoms with E-state index in [2.05, 4.69) is 15.2 Å². The number of aromatic nitrogens is 1. The Morgan fingerprint density at radius 3 is 2.95 bits per heavy atom. The van der Waals surface area contributed by atoms with Gasteiger partial charge < -0.3 is 11.1 Å². The topological polar surface area (TPSA) is 71.2 Å². The van der Waals surface area contributed by atoms with Crippen molar-refractivity contribution in [3.63, 3.8) is 0 Å². The molecule has 110 valence electrons. The van der Waals surface area contributed by atoms with Crippen LogP contribution in [-0.2, 0) is 4.79 Å². The Morgan fingerprint density at radius 1 is 1.55 bits per heavy atom. The number of carbonyl (C=O) groups excluding carboxylic acids is 1. The van der Waals surface area contributed by atoms with Gasteiger partial charge in [-0.05, 0) is 37.9 Å². The molecule has 2 rings (SSSR count). The van der Waals surface area contributed by atoms with Crippen LogP contribution < -0.4 is 11.1 Å². The lowest BCUT2D eigenvalue weighted by Gasteiger charge is -2.41. The van der Waals surface area contributed by atoms with E-state index in [1.165, 1.54) is 0 Å². The summed E-state index contributed by atoms with van der Waals surface area (Å²) in [5.74, 6) is 0.0826. The number of pyridine rings is 1. The average Bonchev–Trinajstić information content (AvgIpc) is 2.48. The molecule has 0 saturated carbocycles. The third kappa shape index (κ3) is 3.16. The normalized spacial score (nSPS) is 23.1. The number of likely N-dealkylation sites (tertiary alicyclic amines) is 1. The summed E-state index contributed by atoms with van der Waals surface area (Å²) < 4.78 is 0. The number of hydrogen-bond donors (Lipinski definition) is 2. The lowest BCUT2D eigenvalue weighted by molar-refractivity contribution is -0.128. The number of nitrogens with one attached hydrogen (secondary N) is 1. The first-order valence-electron chi connectivity index (χ1n) is 7.28. The highest BCUT2D eigenvalue weighted by Crippen LogP contribution is 2.30. The van der Waals surface area contributed by atoms with Crippen LogP contribution in [0.1, 0.15) is 37.8 Å². The van der Waals surface area contributed by atoms with Crippen molar-refractivity contribution < 1.29 is 4.79 Å². The maximum atomic E-state index is 12.1. The Hall–Kier alpha value is -1.46. The van der Waals surface area contributed by atoms with E-state index in [0.29, 0.717) is 0 Å². The second kappa shape index (κ2) is 6.81. The van der Waals surface area contributed by atoms with Crippen molar-refractivity contribution in [2.75, 3.05) is 13.6 Å². The number of nitrogens with two attached hydrogens (primary N) is 1. The van der Waals surface area contributed by atoms with Gasteiger partial charge in [0.1, 0.15) is 0 Å². The smallest absolute Gasteiger partial charge is 0.237 e. The summed E-state index contributed by atoms with van der Waals surface area (Å²) in [6.07, 6.45) is 6.70. The molecule has 1 fully saturated rings. The van der Waals surface area contributed by atoms with Crippen molar-refractivity contribution >= 4 is 5.91 Å². The van der Waals surface area contributed by atoms with Gasteiger partial charge in [-0.3, -0.25) is 14.7 Å². The number of piperidine rings is 1. The molecule has 2 heterocycles. The molecule has 20 heavy (non-hydrogen) atoms. The summed E-state index contributed by atoms with van der Waals surface area (Å²) in [6, 6.07) is 3.85. The van der Waals surface area contributed by atoms with E-state index >= 15 is 0 Å². The third-order valence-electron chi connectivity index (χ3n) is 3.97. The van der Waals surface area contributed by atoms with Crippen LogP contribution in [0.15, 0.2) is 24.5 Å². The molecule has 1 aliphatic heterocycles. The number of carbonyl (C=O) groups is 1. The van der Waals surface area contributed by atoms with Crippen LogP contribution in [0, 0.1) is 0 Å². The maximum Gasteiger partial charge on any atom is 0.237 e. The Morgan fingerprint density at radius 2 is 2.35 bits per heavy atom. The van der Waals surface area contributed by atoms with E-state index in [1.807, 2.05) is 25.3 Å². The van der Waals surface area contributed by atoms with Crippen LogP contribution >= 0.6 is 0 Å². The van der Waals surface area contributed by atoms with Crippen molar-refractivity contribution in [2.45, 2.75) is 44.3 Å². The Labute approximate surface area is 120 Å². The fourth-order valence-electron chi connectivity index (χ4n) is 3.08. The number of hydrogen-bond acceptors (Lipinski definition) is 4. The summed E-state index contributed by atoms with van der Waals surface area (Å²) >= 11 is 0. The number of likely N-dealkylation sites (N-methyl/N-ethyl adjacent to an activating group) is 1. The monoisotopic (exact) mass is 276 g/mol. The van der Waals surface area contributed by atoms with Gasteiger partial charge in [0.05, 0.1) is 12.1 Å². The van der Waals surface area contributed by atoms with Gasteiger partial charge in [0.25, 0.3) is 0 Å². The fourth-order valence-corrected chi connectivity index (χ4v) is 3.08. The van der Waals surface area contributed by atoms with Crippen molar-refractivity contribution in [1.29, 1.82) is 0 Å². The Kier molecular flexibility index (Phi) is 5.09. The first kappa shape index (κ1) is 14.9. The highest BCUT2D eigenvalue weighted by molar-refractivity contribution is 5.81. The molecular formula is C15H24N4O. The van der Waals surface area contributed by atoms with Crippen molar-refractivity contribution in [1.82, 2.24) is 15.2 Å². The molecule has 0 aliphatic carbocycles. The number of rotatable bonds is 4. The van der Waals surface area contributed by atoms with Crippen LogP contribution in [0.2, 0.25) is 0 Å². The van der Waals surface area contributed by atoms with Crippen molar-refractivity contribution in [3.8, 4) is 0 Å². The minimum absolute atomic E-state index is 0.0336. The fraction of sp³-hybridized carbons (Fsp3) is 0.600. The summed E-state index contributed by atoms with van der Waals surface area (Å²) in [7, 11) is 1.69. The molecule has 3 unspecified atom stereocenters. The van der Waals surface area contributed by atoms with Gasteiger partial charge >= 0.3 is 0 Å². The van der Waals surface area contributed by atoms with Gasteiger partial charge in [0, 0.05) is 25.5 Å². The Balaban J connectivity index is 2.29. The predicted molar refractivity (Wildman–Crippen MR) is 79.0 cm³/mol. The highest BCUT2D eigenvalue weighted by Gasteiger charge is 2.35. The second-order valence-electron chi connectivity index (χ2n) is 5.45. The van der Waals surface area contributed by atoms with Gasteiger partial charge in [0.2, 0.25) is 5.91 Å². The molecule has 0 aromatic carbocycles. The molecule has 0 radical (unpaired) electrons. The molecule has 1 aliphatic rings. The standard InChI is InChI=1S/C15H24N4O/c1-11(16)14(12-6-5-8-18-10-12)19-9-4-3-7-13(19)15(20)17-2/h5-6,8,10-11,13-14H,3-4,7,9,16H2,1-2H3,(H,17,20). The molecule has 5 heteroatoms. The molecule has 1 amide bonds. The predicted octanol–water partition coefficient (Wildman–Crippen LogP) is 1.07. The Bertz CT molecular complexity index is 435.